The zero-order valence-electron chi connectivity index (χ0n) is 14.7. The maximum Gasteiger partial charge on any atom is 0.416 e. The van der Waals surface area contributed by atoms with Crippen molar-refractivity contribution in [2.75, 3.05) is 25.1 Å². The summed E-state index contributed by atoms with van der Waals surface area (Å²) in [7, 11) is -2.29. The Balaban J connectivity index is 2.53. The van der Waals surface area contributed by atoms with Gasteiger partial charge in [-0.2, -0.15) is 13.2 Å². The highest BCUT2D eigenvalue weighted by Crippen LogP contribution is 2.32. The maximum atomic E-state index is 13.9. The van der Waals surface area contributed by atoms with Gasteiger partial charge in [0, 0.05) is 0 Å². The molecule has 0 aliphatic heterocycles. The third-order valence-corrected chi connectivity index (χ3v) is 5.46. The first-order chi connectivity index (χ1) is 13.0. The second-order valence-electron chi connectivity index (χ2n) is 5.43. The third-order valence-electron chi connectivity index (χ3n) is 3.69. The van der Waals surface area contributed by atoms with Gasteiger partial charge in [-0.15, -0.1) is 0 Å². The van der Waals surface area contributed by atoms with Gasteiger partial charge in [0.1, 0.15) is 6.54 Å². The molecular formula is C17H15F4NO5S. The summed E-state index contributed by atoms with van der Waals surface area (Å²) in [5.41, 5.74) is -1.23. The fraction of sp³-hybridized carbons (Fsp3) is 0.235. The van der Waals surface area contributed by atoms with E-state index >= 15 is 0 Å². The average molecular weight is 421 g/mol. The van der Waals surface area contributed by atoms with E-state index in [2.05, 4.69) is 4.74 Å². The van der Waals surface area contributed by atoms with Gasteiger partial charge in [-0.3, -0.25) is 9.10 Å². The Morgan fingerprint density at radius 3 is 2.14 bits per heavy atom. The molecule has 0 aromatic heterocycles. The quantitative estimate of drug-likeness (QED) is 0.529. The zero-order valence-corrected chi connectivity index (χ0v) is 15.5. The highest BCUT2D eigenvalue weighted by Gasteiger charge is 2.32. The fourth-order valence-electron chi connectivity index (χ4n) is 2.25. The molecular weight excluding hydrogens is 406 g/mol. The number of esters is 1. The van der Waals surface area contributed by atoms with Crippen molar-refractivity contribution >= 4 is 21.7 Å². The number of benzene rings is 2. The summed E-state index contributed by atoms with van der Waals surface area (Å²) < 4.78 is 87.7. The number of rotatable bonds is 6. The predicted octanol–water partition coefficient (Wildman–Crippen LogP) is 3.22. The summed E-state index contributed by atoms with van der Waals surface area (Å²) >= 11 is 0. The number of hydrogen-bond acceptors (Lipinski definition) is 5. The lowest BCUT2D eigenvalue weighted by Gasteiger charge is -2.24. The molecule has 0 amide bonds. The minimum Gasteiger partial charge on any atom is -0.494 e. The Hall–Kier alpha value is -2.82. The molecule has 152 valence electrons. The van der Waals surface area contributed by atoms with Crippen LogP contribution in [-0.4, -0.2) is 35.2 Å². The minimum atomic E-state index is -4.62. The number of alkyl halides is 3. The lowest BCUT2D eigenvalue weighted by atomic mass is 10.2. The minimum absolute atomic E-state index is 0.201. The van der Waals surface area contributed by atoms with Crippen LogP contribution in [0.5, 0.6) is 5.75 Å². The van der Waals surface area contributed by atoms with E-state index < -0.39 is 45.0 Å². The van der Waals surface area contributed by atoms with E-state index in [1.807, 2.05) is 0 Å². The summed E-state index contributed by atoms with van der Waals surface area (Å²) in [6, 6.07) is 5.93. The normalized spacial score (nSPS) is 11.8. The highest BCUT2D eigenvalue weighted by atomic mass is 32.2. The Bertz CT molecular complexity index is 959. The first kappa shape index (κ1) is 21.5. The highest BCUT2D eigenvalue weighted by molar-refractivity contribution is 7.92. The molecule has 0 N–H and O–H groups in total. The molecule has 0 unspecified atom stereocenters. The lowest BCUT2D eigenvalue weighted by Crippen LogP contribution is -2.36. The van der Waals surface area contributed by atoms with Gasteiger partial charge in [-0.05, 0) is 42.5 Å². The van der Waals surface area contributed by atoms with E-state index in [-0.39, 0.29) is 11.4 Å². The second kappa shape index (κ2) is 8.05. The molecule has 11 heteroatoms. The monoisotopic (exact) mass is 421 g/mol. The van der Waals surface area contributed by atoms with Crippen LogP contribution in [0.4, 0.5) is 23.2 Å². The van der Waals surface area contributed by atoms with Gasteiger partial charge in [0.2, 0.25) is 0 Å². The van der Waals surface area contributed by atoms with Crippen LogP contribution in [0, 0.1) is 5.82 Å². The molecule has 0 aliphatic carbocycles. The Morgan fingerprint density at radius 1 is 1.07 bits per heavy atom. The van der Waals surface area contributed by atoms with Crippen molar-refractivity contribution in [1.82, 2.24) is 0 Å². The molecule has 0 radical (unpaired) electrons. The Morgan fingerprint density at radius 2 is 1.68 bits per heavy atom. The van der Waals surface area contributed by atoms with Crippen molar-refractivity contribution in [3.8, 4) is 5.75 Å². The van der Waals surface area contributed by atoms with E-state index in [0.29, 0.717) is 22.5 Å². The molecule has 6 nitrogen and oxygen atoms in total. The van der Waals surface area contributed by atoms with Gasteiger partial charge in [0.15, 0.2) is 11.6 Å². The first-order valence-electron chi connectivity index (χ1n) is 7.61. The number of methoxy groups -OCH3 is 2. The van der Waals surface area contributed by atoms with Gasteiger partial charge >= 0.3 is 12.1 Å². The number of halogens is 4. The molecule has 0 aliphatic rings. The second-order valence-corrected chi connectivity index (χ2v) is 7.29. The standard InChI is InChI=1S/C17H15F4NO5S/c1-26-15-8-7-13(9-14(15)18)28(24,25)22(10-16(23)27-2)12-5-3-11(4-6-12)17(19,20)21/h3-9H,10H2,1-2H3. The van der Waals surface area contributed by atoms with E-state index in [4.69, 9.17) is 4.74 Å². The van der Waals surface area contributed by atoms with Crippen molar-refractivity contribution in [2.45, 2.75) is 11.1 Å². The molecule has 0 atom stereocenters. The van der Waals surface area contributed by atoms with Crippen LogP contribution in [0.25, 0.3) is 0 Å². The van der Waals surface area contributed by atoms with Gasteiger partial charge in [-0.1, -0.05) is 0 Å². The SMILES string of the molecule is COC(=O)CN(c1ccc(C(F)(F)F)cc1)S(=O)(=O)c1ccc(OC)c(F)c1. The number of ether oxygens (including phenoxy) is 2. The summed E-state index contributed by atoms with van der Waals surface area (Å²) in [5.74, 6) is -2.13. The smallest absolute Gasteiger partial charge is 0.416 e. The number of nitrogens with zero attached hydrogens (tertiary/aromatic N) is 1. The van der Waals surface area contributed by atoms with Crippen molar-refractivity contribution in [1.29, 1.82) is 0 Å². The van der Waals surface area contributed by atoms with Crippen molar-refractivity contribution in [2.24, 2.45) is 0 Å². The first-order valence-corrected chi connectivity index (χ1v) is 9.05. The number of sulfonamides is 1. The van der Waals surface area contributed by atoms with Crippen LogP contribution in [0.3, 0.4) is 0 Å². The van der Waals surface area contributed by atoms with Crippen LogP contribution in [0.1, 0.15) is 5.56 Å². The molecule has 0 spiro atoms. The van der Waals surface area contributed by atoms with Crippen LogP contribution < -0.4 is 9.04 Å². The molecule has 2 aromatic carbocycles. The van der Waals surface area contributed by atoms with Crippen LogP contribution in [0.15, 0.2) is 47.4 Å². The van der Waals surface area contributed by atoms with Gasteiger partial charge in [0.05, 0.1) is 30.4 Å². The molecule has 0 bridgehead atoms. The summed E-state index contributed by atoms with van der Waals surface area (Å²) in [4.78, 5) is 11.1. The van der Waals surface area contributed by atoms with Gasteiger partial charge in [-0.25, -0.2) is 12.8 Å². The van der Waals surface area contributed by atoms with Gasteiger partial charge < -0.3 is 9.47 Å². The zero-order chi connectivity index (χ0) is 21.1. The Labute approximate surface area is 158 Å². The molecule has 0 saturated heterocycles. The molecule has 0 fully saturated rings. The molecule has 0 heterocycles. The Kier molecular flexibility index (Phi) is 6.17. The lowest BCUT2D eigenvalue weighted by molar-refractivity contribution is -0.139. The number of carbonyl (C=O) groups excluding carboxylic acids is 1. The molecule has 0 saturated carbocycles. The topological polar surface area (TPSA) is 72.9 Å². The predicted molar refractivity (Wildman–Crippen MR) is 90.9 cm³/mol. The fourth-order valence-corrected chi connectivity index (χ4v) is 3.67. The van der Waals surface area contributed by atoms with Crippen LogP contribution >= 0.6 is 0 Å². The van der Waals surface area contributed by atoms with Crippen LogP contribution in [0.2, 0.25) is 0 Å². The molecule has 2 aromatic rings. The third kappa shape index (κ3) is 4.53. The maximum absolute atomic E-state index is 13.9. The van der Waals surface area contributed by atoms with E-state index in [1.165, 1.54) is 7.11 Å². The van der Waals surface area contributed by atoms with E-state index in [9.17, 15) is 30.8 Å². The average Bonchev–Trinajstić information content (AvgIpc) is 2.65. The van der Waals surface area contributed by atoms with E-state index in [0.717, 1.165) is 31.4 Å². The van der Waals surface area contributed by atoms with E-state index in [1.54, 1.807) is 0 Å². The number of anilines is 1. The molecule has 28 heavy (non-hydrogen) atoms. The van der Waals surface area contributed by atoms with Gasteiger partial charge in [0.25, 0.3) is 10.0 Å². The number of hydrogen-bond donors (Lipinski definition) is 0. The van der Waals surface area contributed by atoms with Crippen molar-refractivity contribution in [3.63, 3.8) is 0 Å². The largest absolute Gasteiger partial charge is 0.494 e. The van der Waals surface area contributed by atoms with Crippen molar-refractivity contribution < 1.29 is 40.2 Å². The molecule has 2 rings (SSSR count). The van der Waals surface area contributed by atoms with Crippen molar-refractivity contribution in [3.05, 3.63) is 53.8 Å². The summed E-state index contributed by atoms with van der Waals surface area (Å²) in [6.45, 7) is -0.822. The summed E-state index contributed by atoms with van der Waals surface area (Å²) in [6.07, 6.45) is -4.62. The van der Waals surface area contributed by atoms with Crippen LogP contribution in [-0.2, 0) is 25.7 Å². The number of carbonyl (C=O) groups is 1. The summed E-state index contributed by atoms with van der Waals surface area (Å²) in [5, 5.41) is 0.